The number of aromatic nitrogens is 2. The molecule has 24 heavy (non-hydrogen) atoms. The van der Waals surface area contributed by atoms with Crippen LogP contribution >= 0.6 is 11.5 Å². The number of Topliss-reactive ketones (excluding diaryl/α,β-unsaturated/α-hetero) is 1. The van der Waals surface area contributed by atoms with Crippen LogP contribution in [0, 0.1) is 5.92 Å². The van der Waals surface area contributed by atoms with E-state index in [1.54, 1.807) is 18.2 Å². The minimum absolute atomic E-state index is 0.0753. The molecule has 0 spiro atoms. The van der Waals surface area contributed by atoms with Crippen molar-refractivity contribution in [3.8, 4) is 0 Å². The molecule has 0 saturated heterocycles. The monoisotopic (exact) mass is 344 g/mol. The zero-order valence-electron chi connectivity index (χ0n) is 13.5. The Morgan fingerprint density at radius 2 is 1.96 bits per heavy atom. The van der Waals surface area contributed by atoms with Gasteiger partial charge < -0.3 is 5.32 Å². The van der Waals surface area contributed by atoms with Gasteiger partial charge in [0.1, 0.15) is 5.82 Å². The Morgan fingerprint density at radius 1 is 1.21 bits per heavy atom. The number of hydrogen-bond donors (Lipinski definition) is 2. The highest BCUT2D eigenvalue weighted by Gasteiger charge is 2.25. The summed E-state index contributed by atoms with van der Waals surface area (Å²) in [4.78, 5) is 29.0. The molecule has 0 bridgehead atoms. The van der Waals surface area contributed by atoms with Crippen molar-refractivity contribution in [2.75, 3.05) is 10.6 Å². The molecule has 2 aromatic rings. The van der Waals surface area contributed by atoms with Gasteiger partial charge in [-0.05, 0) is 25.0 Å². The van der Waals surface area contributed by atoms with Crippen molar-refractivity contribution in [1.29, 1.82) is 0 Å². The number of hydrogen-bond acceptors (Lipinski definition) is 5. The summed E-state index contributed by atoms with van der Waals surface area (Å²) >= 11 is 1.14. The summed E-state index contributed by atoms with van der Waals surface area (Å²) in [6, 6.07) is 6.74. The van der Waals surface area contributed by atoms with E-state index in [1.165, 1.54) is 0 Å². The zero-order chi connectivity index (χ0) is 16.9. The first-order valence-electron chi connectivity index (χ1n) is 8.21. The Hall–Kier alpha value is -2.28. The van der Waals surface area contributed by atoms with Crippen LogP contribution in [0.5, 0.6) is 0 Å². The third-order valence-electron chi connectivity index (χ3n) is 4.17. The summed E-state index contributed by atoms with van der Waals surface area (Å²) in [5.74, 6) is 0.894. The molecule has 1 saturated carbocycles. The van der Waals surface area contributed by atoms with Gasteiger partial charge in [0.2, 0.25) is 5.13 Å². The zero-order valence-corrected chi connectivity index (χ0v) is 14.4. The van der Waals surface area contributed by atoms with Gasteiger partial charge in [0.05, 0.1) is 5.69 Å². The van der Waals surface area contributed by atoms with E-state index in [4.69, 9.17) is 0 Å². The third kappa shape index (κ3) is 3.79. The molecule has 0 radical (unpaired) electrons. The fourth-order valence-electron chi connectivity index (χ4n) is 2.91. The molecule has 1 fully saturated rings. The average Bonchev–Trinajstić information content (AvgIpc) is 3.26. The van der Waals surface area contributed by atoms with Crippen LogP contribution in [-0.2, 0) is 6.42 Å². The first kappa shape index (κ1) is 16.6. The molecule has 1 heterocycles. The Bertz CT molecular complexity index is 738. The maximum Gasteiger partial charge on any atom is 0.325 e. The maximum absolute atomic E-state index is 12.7. The Kier molecular flexibility index (Phi) is 5.20. The molecule has 1 aliphatic rings. The number of aryl methyl sites for hydroxylation is 1. The molecule has 126 valence electrons. The Balaban J connectivity index is 1.70. The van der Waals surface area contributed by atoms with E-state index in [0.717, 1.165) is 43.6 Å². The molecule has 1 aromatic carbocycles. The van der Waals surface area contributed by atoms with Gasteiger partial charge in [0.15, 0.2) is 5.78 Å². The lowest BCUT2D eigenvalue weighted by molar-refractivity contribution is 0.0924. The minimum Gasteiger partial charge on any atom is -0.307 e. The summed E-state index contributed by atoms with van der Waals surface area (Å²) < 4.78 is 4.13. The second-order valence-electron chi connectivity index (χ2n) is 5.84. The van der Waals surface area contributed by atoms with E-state index in [1.807, 2.05) is 13.0 Å². The number of urea groups is 1. The number of nitrogens with one attached hydrogen (secondary N) is 2. The summed E-state index contributed by atoms with van der Waals surface area (Å²) in [6.45, 7) is 1.96. The molecule has 2 amide bonds. The number of carbonyl (C=O) groups excluding carboxylic acids is 2. The molecule has 0 unspecified atom stereocenters. The van der Waals surface area contributed by atoms with E-state index in [-0.39, 0.29) is 11.7 Å². The normalized spacial score (nSPS) is 14.5. The lowest BCUT2D eigenvalue weighted by atomic mass is 9.95. The molecule has 3 rings (SSSR count). The number of rotatable bonds is 5. The second kappa shape index (κ2) is 7.53. The van der Waals surface area contributed by atoms with Crippen molar-refractivity contribution >= 4 is 34.2 Å². The van der Waals surface area contributed by atoms with E-state index in [0.29, 0.717) is 22.2 Å². The first-order chi connectivity index (χ1) is 11.7. The lowest BCUT2D eigenvalue weighted by Crippen LogP contribution is -2.22. The molecule has 0 atom stereocenters. The summed E-state index contributed by atoms with van der Waals surface area (Å²) in [6.07, 6.45) is 4.79. The smallest absolute Gasteiger partial charge is 0.307 e. The predicted octanol–water partition coefficient (Wildman–Crippen LogP) is 4.12. The van der Waals surface area contributed by atoms with Crippen LogP contribution in [0.25, 0.3) is 0 Å². The van der Waals surface area contributed by atoms with Crippen LogP contribution in [-0.4, -0.2) is 21.2 Å². The van der Waals surface area contributed by atoms with Gasteiger partial charge in [-0.2, -0.15) is 4.37 Å². The van der Waals surface area contributed by atoms with Gasteiger partial charge in [-0.15, -0.1) is 0 Å². The van der Waals surface area contributed by atoms with Crippen molar-refractivity contribution in [3.05, 3.63) is 35.7 Å². The minimum atomic E-state index is -0.416. The van der Waals surface area contributed by atoms with Gasteiger partial charge in [-0.1, -0.05) is 31.9 Å². The van der Waals surface area contributed by atoms with E-state index in [2.05, 4.69) is 20.0 Å². The Morgan fingerprint density at radius 3 is 2.67 bits per heavy atom. The Labute approximate surface area is 144 Å². The van der Waals surface area contributed by atoms with Crippen molar-refractivity contribution < 1.29 is 9.59 Å². The second-order valence-corrected chi connectivity index (χ2v) is 6.59. The number of anilines is 2. The van der Waals surface area contributed by atoms with E-state index in [9.17, 15) is 9.59 Å². The number of carbonyl (C=O) groups is 2. The van der Waals surface area contributed by atoms with Crippen LogP contribution in [0.3, 0.4) is 0 Å². The topological polar surface area (TPSA) is 84.0 Å². The van der Waals surface area contributed by atoms with Gasteiger partial charge >= 0.3 is 6.03 Å². The summed E-state index contributed by atoms with van der Waals surface area (Å²) in [5.41, 5.74) is 1.11. The van der Waals surface area contributed by atoms with Crippen molar-refractivity contribution in [1.82, 2.24) is 9.36 Å². The molecule has 7 heteroatoms. The number of nitrogens with zero attached hydrogens (tertiary/aromatic N) is 2. The van der Waals surface area contributed by atoms with Crippen molar-refractivity contribution in [2.45, 2.75) is 39.0 Å². The number of benzene rings is 1. The predicted molar refractivity (Wildman–Crippen MR) is 94.7 cm³/mol. The maximum atomic E-state index is 12.7. The quantitative estimate of drug-likeness (QED) is 0.799. The highest BCUT2D eigenvalue weighted by atomic mass is 32.1. The molecular formula is C17H20N4O2S. The van der Waals surface area contributed by atoms with Gasteiger partial charge in [0.25, 0.3) is 0 Å². The van der Waals surface area contributed by atoms with Crippen LogP contribution in [0.4, 0.5) is 15.6 Å². The standard InChI is InChI=1S/C17H20N4O2S/c1-2-14-19-17(24-21-14)20-16(23)18-13-10-6-5-9-12(13)15(22)11-7-3-4-8-11/h5-6,9-11H,2-4,7-8H2,1H3,(H2,18,19,20,21,23). The van der Waals surface area contributed by atoms with E-state index >= 15 is 0 Å². The molecule has 2 N–H and O–H groups in total. The summed E-state index contributed by atoms with van der Waals surface area (Å²) in [5, 5.41) is 5.87. The van der Waals surface area contributed by atoms with Crippen molar-refractivity contribution in [3.63, 3.8) is 0 Å². The van der Waals surface area contributed by atoms with Crippen molar-refractivity contribution in [2.24, 2.45) is 5.92 Å². The van der Waals surface area contributed by atoms with Crippen LogP contribution in [0.1, 0.15) is 48.8 Å². The molecule has 6 nitrogen and oxygen atoms in total. The van der Waals surface area contributed by atoms with E-state index < -0.39 is 6.03 Å². The van der Waals surface area contributed by atoms with Crippen LogP contribution in [0.15, 0.2) is 24.3 Å². The SMILES string of the molecule is CCc1nsc(NC(=O)Nc2ccccc2C(=O)C2CCCC2)n1. The van der Waals surface area contributed by atoms with Gasteiger partial charge in [-0.25, -0.2) is 9.78 Å². The highest BCUT2D eigenvalue weighted by Crippen LogP contribution is 2.30. The fourth-order valence-corrected chi connectivity index (χ4v) is 3.56. The van der Waals surface area contributed by atoms with Gasteiger partial charge in [0, 0.05) is 29.4 Å². The third-order valence-corrected chi connectivity index (χ3v) is 4.84. The van der Waals surface area contributed by atoms with Gasteiger partial charge in [-0.3, -0.25) is 10.1 Å². The number of ketones is 1. The molecular weight excluding hydrogens is 324 g/mol. The first-order valence-corrected chi connectivity index (χ1v) is 8.98. The largest absolute Gasteiger partial charge is 0.325 e. The highest BCUT2D eigenvalue weighted by molar-refractivity contribution is 7.09. The number of amides is 2. The number of para-hydroxylation sites is 1. The molecule has 1 aliphatic carbocycles. The van der Waals surface area contributed by atoms with Crippen LogP contribution in [0.2, 0.25) is 0 Å². The average molecular weight is 344 g/mol. The molecule has 1 aromatic heterocycles. The molecule has 0 aliphatic heterocycles. The fraction of sp³-hybridized carbons (Fsp3) is 0.412. The lowest BCUT2D eigenvalue weighted by Gasteiger charge is -2.13. The van der Waals surface area contributed by atoms with Crippen LogP contribution < -0.4 is 10.6 Å². The summed E-state index contributed by atoms with van der Waals surface area (Å²) in [7, 11) is 0.